The second-order valence-corrected chi connectivity index (χ2v) is 7.16. The maximum Gasteiger partial charge on any atom is 0.289 e. The van der Waals surface area contributed by atoms with Crippen molar-refractivity contribution >= 4 is 40.7 Å². The van der Waals surface area contributed by atoms with Crippen LogP contribution in [0.4, 0.5) is 10.1 Å². The number of halogens is 3. The molecule has 0 atom stereocenters. The minimum Gasteiger partial charge on any atom is -0.486 e. The first-order valence-corrected chi connectivity index (χ1v) is 9.55. The van der Waals surface area contributed by atoms with Crippen molar-refractivity contribution in [1.29, 1.82) is 0 Å². The van der Waals surface area contributed by atoms with Gasteiger partial charge < -0.3 is 19.4 Å². The standard InChI is InChI=1S/C21H17Cl2FN2O4/c1-26(11-20(27)25-14-4-8-17(22)18(23)10-14)21(28)19-9-7-16(30-19)12-29-15-5-2-13(24)3-6-15/h2-10H,11-12H2,1H3,(H,25,27). The van der Waals surface area contributed by atoms with Crippen LogP contribution in [0, 0.1) is 5.82 Å². The van der Waals surface area contributed by atoms with Crippen LogP contribution in [0.3, 0.4) is 0 Å². The van der Waals surface area contributed by atoms with Crippen LogP contribution in [-0.2, 0) is 11.4 Å². The van der Waals surface area contributed by atoms with Gasteiger partial charge in [-0.2, -0.15) is 0 Å². The number of furan rings is 1. The van der Waals surface area contributed by atoms with Crippen molar-refractivity contribution in [3.05, 3.63) is 82.0 Å². The molecule has 1 aromatic heterocycles. The van der Waals surface area contributed by atoms with E-state index in [0.29, 0.717) is 27.2 Å². The minimum atomic E-state index is -0.465. The number of ether oxygens (including phenoxy) is 1. The monoisotopic (exact) mass is 450 g/mol. The summed E-state index contributed by atoms with van der Waals surface area (Å²) in [5.41, 5.74) is 0.466. The molecule has 0 aliphatic carbocycles. The van der Waals surface area contributed by atoms with E-state index in [1.807, 2.05) is 0 Å². The lowest BCUT2D eigenvalue weighted by atomic mass is 10.3. The van der Waals surface area contributed by atoms with Crippen molar-refractivity contribution in [3.63, 3.8) is 0 Å². The van der Waals surface area contributed by atoms with E-state index in [0.717, 1.165) is 0 Å². The number of benzene rings is 2. The molecule has 1 heterocycles. The Hall–Kier alpha value is -3.03. The van der Waals surface area contributed by atoms with Crippen molar-refractivity contribution in [2.24, 2.45) is 0 Å². The number of amides is 2. The second-order valence-electron chi connectivity index (χ2n) is 6.35. The van der Waals surface area contributed by atoms with Gasteiger partial charge in [0.1, 0.15) is 23.9 Å². The van der Waals surface area contributed by atoms with E-state index in [-0.39, 0.29) is 24.7 Å². The highest BCUT2D eigenvalue weighted by Gasteiger charge is 2.19. The number of nitrogens with one attached hydrogen (secondary N) is 1. The molecule has 0 saturated heterocycles. The molecule has 3 aromatic rings. The predicted octanol–water partition coefficient (Wildman–Crippen LogP) is 5.02. The molecular weight excluding hydrogens is 434 g/mol. The molecule has 0 fully saturated rings. The molecule has 2 amide bonds. The van der Waals surface area contributed by atoms with Crippen molar-refractivity contribution in [1.82, 2.24) is 4.90 Å². The molecule has 30 heavy (non-hydrogen) atoms. The molecule has 0 aliphatic rings. The van der Waals surface area contributed by atoms with Crippen molar-refractivity contribution in [2.75, 3.05) is 18.9 Å². The third kappa shape index (κ3) is 5.75. The minimum absolute atomic E-state index is 0.0672. The van der Waals surface area contributed by atoms with E-state index in [1.165, 1.54) is 48.3 Å². The summed E-state index contributed by atoms with van der Waals surface area (Å²) in [4.78, 5) is 25.9. The van der Waals surface area contributed by atoms with Crippen LogP contribution in [0.25, 0.3) is 0 Å². The topological polar surface area (TPSA) is 71.8 Å². The third-order valence-electron chi connectivity index (χ3n) is 4.00. The molecule has 156 valence electrons. The van der Waals surface area contributed by atoms with Gasteiger partial charge in [-0.05, 0) is 54.6 Å². The molecule has 3 rings (SSSR count). The van der Waals surface area contributed by atoms with Gasteiger partial charge in [0.25, 0.3) is 5.91 Å². The van der Waals surface area contributed by atoms with E-state index < -0.39 is 11.8 Å². The molecule has 0 aliphatic heterocycles. The summed E-state index contributed by atoms with van der Waals surface area (Å²) >= 11 is 11.8. The Balaban J connectivity index is 1.53. The van der Waals surface area contributed by atoms with E-state index in [2.05, 4.69) is 5.32 Å². The number of hydrogen-bond donors (Lipinski definition) is 1. The van der Waals surface area contributed by atoms with Gasteiger partial charge in [-0.3, -0.25) is 9.59 Å². The fourth-order valence-electron chi connectivity index (χ4n) is 2.51. The number of anilines is 1. The Morgan fingerprint density at radius 1 is 1.07 bits per heavy atom. The van der Waals surface area contributed by atoms with Crippen LogP contribution in [-0.4, -0.2) is 30.3 Å². The van der Waals surface area contributed by atoms with Crippen LogP contribution in [0.15, 0.2) is 59.0 Å². The molecule has 0 bridgehead atoms. The van der Waals surface area contributed by atoms with Crippen LogP contribution < -0.4 is 10.1 Å². The van der Waals surface area contributed by atoms with Crippen LogP contribution in [0.5, 0.6) is 5.75 Å². The van der Waals surface area contributed by atoms with E-state index in [9.17, 15) is 14.0 Å². The van der Waals surface area contributed by atoms with Crippen LogP contribution >= 0.6 is 23.2 Å². The van der Waals surface area contributed by atoms with Gasteiger partial charge in [0.15, 0.2) is 5.76 Å². The summed E-state index contributed by atoms with van der Waals surface area (Å²) in [6.45, 7) is -0.123. The first kappa shape index (κ1) is 21.7. The molecule has 9 heteroatoms. The highest BCUT2D eigenvalue weighted by Crippen LogP contribution is 2.25. The number of nitrogens with zero attached hydrogens (tertiary/aromatic N) is 1. The Labute approximate surface area is 182 Å². The number of likely N-dealkylation sites (N-methyl/N-ethyl adjacent to an activating group) is 1. The Morgan fingerprint density at radius 3 is 2.50 bits per heavy atom. The molecular formula is C21H17Cl2FN2O4. The Morgan fingerprint density at radius 2 is 1.80 bits per heavy atom. The maximum absolute atomic E-state index is 12.9. The maximum atomic E-state index is 12.9. The summed E-state index contributed by atoms with van der Waals surface area (Å²) in [5.74, 6) is -0.284. The normalized spacial score (nSPS) is 10.5. The lowest BCUT2D eigenvalue weighted by Crippen LogP contribution is -2.34. The fourth-order valence-corrected chi connectivity index (χ4v) is 2.80. The quantitative estimate of drug-likeness (QED) is 0.548. The highest BCUT2D eigenvalue weighted by atomic mass is 35.5. The lowest BCUT2D eigenvalue weighted by Gasteiger charge is -2.15. The van der Waals surface area contributed by atoms with Crippen molar-refractivity contribution < 1.29 is 23.1 Å². The SMILES string of the molecule is CN(CC(=O)Nc1ccc(Cl)c(Cl)c1)C(=O)c1ccc(COc2ccc(F)cc2)o1. The average Bonchev–Trinajstić information content (AvgIpc) is 3.18. The molecule has 0 spiro atoms. The summed E-state index contributed by atoms with van der Waals surface area (Å²) in [6.07, 6.45) is 0. The van der Waals surface area contributed by atoms with Gasteiger partial charge in [-0.1, -0.05) is 23.2 Å². The van der Waals surface area contributed by atoms with Gasteiger partial charge in [0, 0.05) is 12.7 Å². The first-order chi connectivity index (χ1) is 14.3. The zero-order chi connectivity index (χ0) is 21.7. The smallest absolute Gasteiger partial charge is 0.289 e. The number of hydrogen-bond acceptors (Lipinski definition) is 4. The van der Waals surface area contributed by atoms with E-state index in [1.54, 1.807) is 18.2 Å². The number of carbonyl (C=O) groups excluding carboxylic acids is 2. The van der Waals surface area contributed by atoms with Crippen LogP contribution in [0.2, 0.25) is 10.0 Å². The molecule has 6 nitrogen and oxygen atoms in total. The fraction of sp³-hybridized carbons (Fsp3) is 0.143. The Bertz CT molecular complexity index is 1050. The third-order valence-corrected chi connectivity index (χ3v) is 4.74. The molecule has 2 aromatic carbocycles. The molecule has 0 unspecified atom stereocenters. The largest absolute Gasteiger partial charge is 0.486 e. The lowest BCUT2D eigenvalue weighted by molar-refractivity contribution is -0.116. The van der Waals surface area contributed by atoms with E-state index in [4.69, 9.17) is 32.4 Å². The summed E-state index contributed by atoms with van der Waals surface area (Å²) < 4.78 is 23.9. The van der Waals surface area contributed by atoms with E-state index >= 15 is 0 Å². The average molecular weight is 451 g/mol. The first-order valence-electron chi connectivity index (χ1n) is 8.79. The van der Waals surface area contributed by atoms with Gasteiger partial charge in [-0.25, -0.2) is 4.39 Å². The molecule has 0 saturated carbocycles. The summed E-state index contributed by atoms with van der Waals surface area (Å²) in [5, 5.41) is 3.33. The zero-order valence-electron chi connectivity index (χ0n) is 15.8. The van der Waals surface area contributed by atoms with Gasteiger partial charge >= 0.3 is 0 Å². The van der Waals surface area contributed by atoms with Crippen molar-refractivity contribution in [2.45, 2.75) is 6.61 Å². The van der Waals surface area contributed by atoms with Gasteiger partial charge in [0.2, 0.25) is 5.91 Å². The second kappa shape index (κ2) is 9.65. The molecule has 0 radical (unpaired) electrons. The van der Waals surface area contributed by atoms with Gasteiger partial charge in [0.05, 0.1) is 16.6 Å². The molecule has 1 N–H and O–H groups in total. The number of carbonyl (C=O) groups is 2. The summed E-state index contributed by atoms with van der Waals surface area (Å²) in [7, 11) is 1.48. The number of rotatable bonds is 7. The van der Waals surface area contributed by atoms with Crippen molar-refractivity contribution in [3.8, 4) is 5.75 Å². The summed E-state index contributed by atoms with van der Waals surface area (Å²) in [6, 6.07) is 13.3. The Kier molecular flexibility index (Phi) is 6.97. The predicted molar refractivity (Wildman–Crippen MR) is 111 cm³/mol. The highest BCUT2D eigenvalue weighted by molar-refractivity contribution is 6.42. The van der Waals surface area contributed by atoms with Gasteiger partial charge in [-0.15, -0.1) is 0 Å². The zero-order valence-corrected chi connectivity index (χ0v) is 17.3. The van der Waals surface area contributed by atoms with Crippen LogP contribution in [0.1, 0.15) is 16.3 Å².